The molecule has 0 radical (unpaired) electrons. The lowest BCUT2D eigenvalue weighted by molar-refractivity contribution is -0.134. The third-order valence-corrected chi connectivity index (χ3v) is 6.03. The molecule has 2 heterocycles. The molecule has 0 spiro atoms. The highest BCUT2D eigenvalue weighted by atomic mass is 32.2. The van der Waals surface area contributed by atoms with Crippen LogP contribution in [0, 0.1) is 0 Å². The van der Waals surface area contributed by atoms with Gasteiger partial charge < -0.3 is 15.3 Å². The molecule has 24 heavy (non-hydrogen) atoms. The van der Waals surface area contributed by atoms with Crippen LogP contribution in [0.4, 0.5) is 19.0 Å². The molecule has 0 saturated heterocycles. The van der Waals surface area contributed by atoms with Crippen LogP contribution in [0.5, 0.6) is 0 Å². The predicted molar refractivity (Wildman–Crippen MR) is 86.3 cm³/mol. The number of anilines is 1. The summed E-state index contributed by atoms with van der Waals surface area (Å²) in [6, 6.07) is 0.128. The summed E-state index contributed by atoms with van der Waals surface area (Å²) in [4.78, 5) is 10.3. The standard InChI is InChI=1S/C15H21F3N4OS/c1-19-8-3-11(12(23)4-8)22(2)13-10-5-9(6-15(16,17)18)24-14(10)21-7-20-13/h7-9,11-12,19,23H,3-6H2,1-2H3/t8-,9?,11+,12-/m1/s1. The van der Waals surface area contributed by atoms with Gasteiger partial charge in [-0.15, -0.1) is 11.8 Å². The van der Waals surface area contributed by atoms with Gasteiger partial charge in [-0.1, -0.05) is 0 Å². The van der Waals surface area contributed by atoms with Crippen LogP contribution < -0.4 is 10.2 Å². The van der Waals surface area contributed by atoms with Crippen molar-refractivity contribution >= 4 is 17.6 Å². The Hall–Kier alpha value is -1.06. The van der Waals surface area contributed by atoms with E-state index in [2.05, 4.69) is 15.3 Å². The molecule has 3 rings (SSSR count). The van der Waals surface area contributed by atoms with Crippen molar-refractivity contribution in [1.29, 1.82) is 0 Å². The van der Waals surface area contributed by atoms with Gasteiger partial charge in [-0.3, -0.25) is 0 Å². The van der Waals surface area contributed by atoms with Crippen molar-refractivity contribution in [2.75, 3.05) is 19.0 Å². The second-order valence-corrected chi connectivity index (χ2v) is 7.74. The van der Waals surface area contributed by atoms with E-state index in [0.717, 1.165) is 12.0 Å². The summed E-state index contributed by atoms with van der Waals surface area (Å²) in [5.74, 6) is 0.637. The molecule has 0 bridgehead atoms. The number of aliphatic hydroxyl groups is 1. The van der Waals surface area contributed by atoms with Gasteiger partial charge in [0.1, 0.15) is 17.2 Å². The van der Waals surface area contributed by atoms with E-state index >= 15 is 0 Å². The van der Waals surface area contributed by atoms with Gasteiger partial charge in [0, 0.05) is 23.9 Å². The van der Waals surface area contributed by atoms with E-state index < -0.39 is 24.0 Å². The Labute approximate surface area is 143 Å². The minimum absolute atomic E-state index is 0.104. The van der Waals surface area contributed by atoms with E-state index in [-0.39, 0.29) is 12.1 Å². The average Bonchev–Trinajstić information content (AvgIpc) is 3.06. The molecule has 0 amide bonds. The topological polar surface area (TPSA) is 61.3 Å². The van der Waals surface area contributed by atoms with Crippen molar-refractivity contribution < 1.29 is 18.3 Å². The largest absolute Gasteiger partial charge is 0.391 e. The van der Waals surface area contributed by atoms with Crippen molar-refractivity contribution in [3.05, 3.63) is 11.9 Å². The first-order valence-electron chi connectivity index (χ1n) is 7.94. The van der Waals surface area contributed by atoms with E-state index in [1.54, 1.807) is 0 Å². The van der Waals surface area contributed by atoms with Crippen LogP contribution in [0.3, 0.4) is 0 Å². The lowest BCUT2D eigenvalue weighted by Crippen LogP contribution is -2.39. The molecule has 2 aliphatic rings. The highest BCUT2D eigenvalue weighted by Crippen LogP contribution is 2.44. The maximum Gasteiger partial charge on any atom is 0.390 e. The summed E-state index contributed by atoms with van der Waals surface area (Å²) < 4.78 is 38.0. The van der Waals surface area contributed by atoms with Crippen LogP contribution in [0.2, 0.25) is 0 Å². The van der Waals surface area contributed by atoms with Gasteiger partial charge >= 0.3 is 6.18 Å². The van der Waals surface area contributed by atoms with E-state index in [1.165, 1.54) is 18.1 Å². The third-order valence-electron chi connectivity index (χ3n) is 4.79. The Bertz CT molecular complexity index is 601. The third kappa shape index (κ3) is 3.62. The number of rotatable bonds is 4. The normalized spacial score (nSPS) is 29.8. The Morgan fingerprint density at radius 1 is 1.38 bits per heavy atom. The van der Waals surface area contributed by atoms with Crippen LogP contribution in [0.25, 0.3) is 0 Å². The zero-order chi connectivity index (χ0) is 17.5. The first kappa shape index (κ1) is 17.8. The second kappa shape index (κ2) is 6.68. The number of likely N-dealkylation sites (N-methyl/N-ethyl adjacent to an activating group) is 1. The van der Waals surface area contributed by atoms with Crippen LogP contribution in [0.1, 0.15) is 24.8 Å². The zero-order valence-corrected chi connectivity index (χ0v) is 14.4. The maximum absolute atomic E-state index is 12.7. The Morgan fingerprint density at radius 3 is 2.75 bits per heavy atom. The van der Waals surface area contributed by atoms with Gasteiger partial charge in [0.05, 0.1) is 18.6 Å². The van der Waals surface area contributed by atoms with E-state index in [1.807, 2.05) is 19.0 Å². The minimum Gasteiger partial charge on any atom is -0.391 e. The van der Waals surface area contributed by atoms with Crippen LogP contribution in [0.15, 0.2) is 11.4 Å². The molecule has 1 aromatic heterocycles. The fourth-order valence-electron chi connectivity index (χ4n) is 3.57. The first-order valence-corrected chi connectivity index (χ1v) is 8.82. The fourth-order valence-corrected chi connectivity index (χ4v) is 4.84. The molecule has 9 heteroatoms. The fraction of sp³-hybridized carbons (Fsp3) is 0.733. The van der Waals surface area contributed by atoms with Crippen LogP contribution in [-0.2, 0) is 6.42 Å². The second-order valence-electron chi connectivity index (χ2n) is 6.45. The van der Waals surface area contributed by atoms with E-state index in [0.29, 0.717) is 23.7 Å². The number of halogens is 3. The lowest BCUT2D eigenvalue weighted by Gasteiger charge is -2.29. The number of aliphatic hydroxyl groups excluding tert-OH is 1. The molecule has 2 N–H and O–H groups in total. The molecule has 1 saturated carbocycles. The SMILES string of the molecule is CN[C@H]1C[C@@H](O)[C@@H](N(C)c2ncnc3c2CC(CC(F)(F)F)S3)C1. The smallest absolute Gasteiger partial charge is 0.390 e. The summed E-state index contributed by atoms with van der Waals surface area (Å²) in [7, 11) is 3.71. The molecular weight excluding hydrogens is 341 g/mol. The maximum atomic E-state index is 12.7. The molecule has 1 aliphatic carbocycles. The number of hydrogen-bond donors (Lipinski definition) is 2. The first-order chi connectivity index (χ1) is 11.3. The van der Waals surface area contributed by atoms with Crippen molar-refractivity contribution in [2.45, 2.75) is 60.3 Å². The Kier molecular flexibility index (Phi) is 4.94. The van der Waals surface area contributed by atoms with Gasteiger partial charge in [-0.2, -0.15) is 13.2 Å². The number of nitrogens with zero attached hydrogens (tertiary/aromatic N) is 3. The molecule has 0 aromatic carbocycles. The number of thioether (sulfide) groups is 1. The molecule has 5 nitrogen and oxygen atoms in total. The summed E-state index contributed by atoms with van der Waals surface area (Å²) in [5, 5.41) is 13.5. The van der Waals surface area contributed by atoms with Gasteiger partial charge in [0.15, 0.2) is 0 Å². The number of aromatic nitrogens is 2. The molecule has 4 atom stereocenters. The summed E-state index contributed by atoms with van der Waals surface area (Å²) in [6.07, 6.45) is -2.37. The molecule has 1 aromatic rings. The number of nitrogens with one attached hydrogen (secondary N) is 1. The summed E-state index contributed by atoms with van der Waals surface area (Å²) in [6.45, 7) is 0. The van der Waals surface area contributed by atoms with Gasteiger partial charge in [0.2, 0.25) is 0 Å². The number of fused-ring (bicyclic) bond motifs is 1. The van der Waals surface area contributed by atoms with Crippen LogP contribution in [-0.4, -0.2) is 58.8 Å². The molecule has 1 unspecified atom stereocenters. The number of hydrogen-bond acceptors (Lipinski definition) is 6. The highest BCUT2D eigenvalue weighted by Gasteiger charge is 2.40. The van der Waals surface area contributed by atoms with Gasteiger partial charge in [-0.05, 0) is 26.3 Å². The Balaban J connectivity index is 1.78. The van der Waals surface area contributed by atoms with Crippen molar-refractivity contribution in [2.24, 2.45) is 0 Å². The average molecular weight is 362 g/mol. The zero-order valence-electron chi connectivity index (χ0n) is 13.5. The summed E-state index contributed by atoms with van der Waals surface area (Å²) in [5.41, 5.74) is 0.763. The predicted octanol–water partition coefficient (Wildman–Crippen LogP) is 1.99. The molecule has 1 aliphatic heterocycles. The molecule has 1 fully saturated rings. The van der Waals surface area contributed by atoms with Gasteiger partial charge in [0.25, 0.3) is 0 Å². The molecule has 134 valence electrons. The van der Waals surface area contributed by atoms with Crippen molar-refractivity contribution in [3.63, 3.8) is 0 Å². The van der Waals surface area contributed by atoms with Crippen molar-refractivity contribution in [1.82, 2.24) is 15.3 Å². The highest BCUT2D eigenvalue weighted by molar-refractivity contribution is 8.00. The quantitative estimate of drug-likeness (QED) is 0.799. The Morgan fingerprint density at radius 2 is 2.12 bits per heavy atom. The minimum atomic E-state index is -4.18. The van der Waals surface area contributed by atoms with Gasteiger partial charge in [-0.25, -0.2) is 9.97 Å². The molecular formula is C15H21F3N4OS. The van der Waals surface area contributed by atoms with E-state index in [9.17, 15) is 18.3 Å². The monoisotopic (exact) mass is 362 g/mol. The van der Waals surface area contributed by atoms with Crippen molar-refractivity contribution in [3.8, 4) is 0 Å². The lowest BCUT2D eigenvalue weighted by atomic mass is 10.1. The number of alkyl halides is 3. The summed E-state index contributed by atoms with van der Waals surface area (Å²) >= 11 is 1.17. The van der Waals surface area contributed by atoms with E-state index in [4.69, 9.17) is 0 Å². The van der Waals surface area contributed by atoms with Crippen LogP contribution >= 0.6 is 11.8 Å².